The Bertz CT molecular complexity index is 613. The molecule has 0 spiro atoms. The van der Waals surface area contributed by atoms with Crippen LogP contribution < -0.4 is 10.6 Å². The van der Waals surface area contributed by atoms with Gasteiger partial charge in [-0.2, -0.15) is 0 Å². The smallest absolute Gasteiger partial charge is 0.150 e. The minimum atomic E-state index is -2.81. The van der Waals surface area contributed by atoms with Crippen molar-refractivity contribution in [1.29, 1.82) is 0 Å². The minimum Gasteiger partial charge on any atom is -0.370 e. The summed E-state index contributed by atoms with van der Waals surface area (Å²) in [5.41, 5.74) is 0. The maximum Gasteiger partial charge on any atom is 0.150 e. The van der Waals surface area contributed by atoms with E-state index in [0.717, 1.165) is 43.3 Å². The van der Waals surface area contributed by atoms with Crippen LogP contribution in [0.5, 0.6) is 0 Å². The SMILES string of the molecule is CCNc1cc(NCC2CCS(=O)(=O)C2)nc(C2CC2)n1. The summed E-state index contributed by atoms with van der Waals surface area (Å²) in [4.78, 5) is 9.09. The maximum absolute atomic E-state index is 11.5. The average Bonchev–Trinajstić information content (AvgIpc) is 3.22. The quantitative estimate of drug-likeness (QED) is 0.831. The van der Waals surface area contributed by atoms with E-state index in [0.29, 0.717) is 24.0 Å². The second-order valence-corrected chi connectivity index (χ2v) is 8.18. The van der Waals surface area contributed by atoms with Gasteiger partial charge in [0.2, 0.25) is 0 Å². The van der Waals surface area contributed by atoms with E-state index in [1.807, 2.05) is 13.0 Å². The van der Waals surface area contributed by atoms with Crippen molar-refractivity contribution in [2.45, 2.75) is 32.1 Å². The van der Waals surface area contributed by atoms with E-state index in [1.165, 1.54) is 0 Å². The van der Waals surface area contributed by atoms with Crippen molar-refractivity contribution in [3.63, 3.8) is 0 Å². The number of sulfone groups is 1. The number of nitrogens with zero attached hydrogens (tertiary/aromatic N) is 2. The Balaban J connectivity index is 1.66. The second kappa shape index (κ2) is 5.79. The molecule has 2 aliphatic rings. The Labute approximate surface area is 125 Å². The molecule has 1 atom stereocenters. The number of aromatic nitrogens is 2. The van der Waals surface area contributed by atoms with Crippen LogP contribution in [0.4, 0.5) is 11.6 Å². The molecular formula is C14H22N4O2S. The lowest BCUT2D eigenvalue weighted by molar-refractivity contribution is 0.595. The van der Waals surface area contributed by atoms with Crippen LogP contribution in [0.2, 0.25) is 0 Å². The number of hydrogen-bond donors (Lipinski definition) is 2. The standard InChI is InChI=1S/C14H22N4O2S/c1-2-15-12-7-13(18-14(17-12)11-3-4-11)16-8-10-5-6-21(19,20)9-10/h7,10-11H,2-6,8-9H2,1H3,(H2,15,16,17,18). The van der Waals surface area contributed by atoms with Crippen LogP contribution in [0.3, 0.4) is 0 Å². The molecule has 3 rings (SSSR count). The fourth-order valence-electron chi connectivity index (χ4n) is 2.63. The van der Waals surface area contributed by atoms with Crippen LogP contribution in [0, 0.1) is 5.92 Å². The van der Waals surface area contributed by atoms with Crippen LogP contribution in [0.25, 0.3) is 0 Å². The molecule has 2 fully saturated rings. The van der Waals surface area contributed by atoms with Gasteiger partial charge in [-0.3, -0.25) is 0 Å². The van der Waals surface area contributed by atoms with Crippen LogP contribution in [-0.2, 0) is 9.84 Å². The Kier molecular flexibility index (Phi) is 4.01. The summed E-state index contributed by atoms with van der Waals surface area (Å²) in [6.07, 6.45) is 3.07. The highest BCUT2D eigenvalue weighted by Gasteiger charge is 2.29. The first kappa shape index (κ1) is 14.6. The number of hydrogen-bond acceptors (Lipinski definition) is 6. The van der Waals surface area contributed by atoms with Gasteiger partial charge in [-0.1, -0.05) is 0 Å². The molecule has 6 nitrogen and oxygen atoms in total. The lowest BCUT2D eigenvalue weighted by atomic mass is 10.1. The molecule has 2 N–H and O–H groups in total. The number of rotatable bonds is 6. The molecule has 2 heterocycles. The number of anilines is 2. The van der Waals surface area contributed by atoms with Gasteiger partial charge in [-0.15, -0.1) is 0 Å². The van der Waals surface area contributed by atoms with Gasteiger partial charge in [-0.05, 0) is 32.1 Å². The Morgan fingerprint density at radius 3 is 2.48 bits per heavy atom. The van der Waals surface area contributed by atoms with E-state index in [2.05, 4.69) is 20.6 Å². The normalized spacial score (nSPS) is 24.0. The molecule has 1 unspecified atom stereocenters. The van der Waals surface area contributed by atoms with Crippen LogP contribution in [0.15, 0.2) is 6.07 Å². The summed E-state index contributed by atoms with van der Waals surface area (Å²) in [6.45, 7) is 3.52. The Morgan fingerprint density at radius 1 is 1.19 bits per heavy atom. The van der Waals surface area contributed by atoms with Crippen LogP contribution in [0.1, 0.15) is 37.9 Å². The molecule has 1 aliphatic carbocycles. The van der Waals surface area contributed by atoms with Gasteiger partial charge in [0.1, 0.15) is 17.5 Å². The molecule has 1 aromatic heterocycles. The molecule has 0 aromatic carbocycles. The van der Waals surface area contributed by atoms with Crippen molar-refractivity contribution in [3.8, 4) is 0 Å². The molecule has 1 saturated heterocycles. The van der Waals surface area contributed by atoms with Crippen molar-refractivity contribution < 1.29 is 8.42 Å². The molecule has 1 aliphatic heterocycles. The highest BCUT2D eigenvalue weighted by molar-refractivity contribution is 7.91. The fourth-order valence-corrected chi connectivity index (χ4v) is 4.50. The van der Waals surface area contributed by atoms with Gasteiger partial charge in [0.15, 0.2) is 9.84 Å². The molecule has 116 valence electrons. The van der Waals surface area contributed by atoms with Gasteiger partial charge in [0, 0.05) is 25.1 Å². The van der Waals surface area contributed by atoms with Crippen molar-refractivity contribution in [3.05, 3.63) is 11.9 Å². The molecule has 0 bridgehead atoms. The molecule has 21 heavy (non-hydrogen) atoms. The highest BCUT2D eigenvalue weighted by atomic mass is 32.2. The summed E-state index contributed by atoms with van der Waals surface area (Å²) < 4.78 is 23.0. The first-order chi connectivity index (χ1) is 10.1. The van der Waals surface area contributed by atoms with E-state index in [-0.39, 0.29) is 5.92 Å². The zero-order valence-electron chi connectivity index (χ0n) is 12.3. The third kappa shape index (κ3) is 3.84. The summed E-state index contributed by atoms with van der Waals surface area (Å²) in [5.74, 6) is 3.84. The summed E-state index contributed by atoms with van der Waals surface area (Å²) >= 11 is 0. The van der Waals surface area contributed by atoms with Gasteiger partial charge < -0.3 is 10.6 Å². The summed E-state index contributed by atoms with van der Waals surface area (Å²) in [6, 6.07) is 1.90. The van der Waals surface area contributed by atoms with Gasteiger partial charge in [0.25, 0.3) is 0 Å². The largest absolute Gasteiger partial charge is 0.370 e. The zero-order chi connectivity index (χ0) is 14.9. The first-order valence-electron chi connectivity index (χ1n) is 7.63. The van der Waals surface area contributed by atoms with Crippen LogP contribution >= 0.6 is 0 Å². The second-order valence-electron chi connectivity index (χ2n) is 5.95. The Hall–Kier alpha value is -1.37. The molecule has 1 saturated carbocycles. The van der Waals surface area contributed by atoms with Crippen LogP contribution in [-0.4, -0.2) is 43.0 Å². The minimum absolute atomic E-state index is 0.192. The molecule has 0 amide bonds. The fraction of sp³-hybridized carbons (Fsp3) is 0.714. The van der Waals surface area contributed by atoms with Crippen molar-refractivity contribution in [2.24, 2.45) is 5.92 Å². The topological polar surface area (TPSA) is 84.0 Å². The van der Waals surface area contributed by atoms with Gasteiger partial charge in [-0.25, -0.2) is 18.4 Å². The summed E-state index contributed by atoms with van der Waals surface area (Å²) in [7, 11) is -2.81. The van der Waals surface area contributed by atoms with Gasteiger partial charge in [0.05, 0.1) is 11.5 Å². The zero-order valence-corrected chi connectivity index (χ0v) is 13.1. The first-order valence-corrected chi connectivity index (χ1v) is 9.45. The Morgan fingerprint density at radius 2 is 1.90 bits per heavy atom. The predicted molar refractivity (Wildman–Crippen MR) is 83.4 cm³/mol. The van der Waals surface area contributed by atoms with E-state index in [4.69, 9.17) is 0 Å². The van der Waals surface area contributed by atoms with Gasteiger partial charge >= 0.3 is 0 Å². The third-order valence-corrected chi connectivity index (χ3v) is 5.78. The van der Waals surface area contributed by atoms with E-state index < -0.39 is 9.84 Å². The van der Waals surface area contributed by atoms with E-state index >= 15 is 0 Å². The van der Waals surface area contributed by atoms with Crippen molar-refractivity contribution in [2.75, 3.05) is 35.2 Å². The predicted octanol–water partition coefficient (Wildman–Crippen LogP) is 1.63. The van der Waals surface area contributed by atoms with Crippen molar-refractivity contribution >= 4 is 21.5 Å². The molecule has 0 radical (unpaired) electrons. The van der Waals surface area contributed by atoms with E-state index in [9.17, 15) is 8.42 Å². The molecule has 1 aromatic rings. The maximum atomic E-state index is 11.5. The molecular weight excluding hydrogens is 288 g/mol. The van der Waals surface area contributed by atoms with E-state index in [1.54, 1.807) is 0 Å². The summed E-state index contributed by atoms with van der Waals surface area (Å²) in [5, 5.41) is 6.52. The monoisotopic (exact) mass is 310 g/mol. The molecule has 7 heteroatoms. The number of nitrogens with one attached hydrogen (secondary N) is 2. The third-order valence-electron chi connectivity index (χ3n) is 3.94. The lowest BCUT2D eigenvalue weighted by Crippen LogP contribution is -2.17. The highest BCUT2D eigenvalue weighted by Crippen LogP contribution is 2.38. The lowest BCUT2D eigenvalue weighted by Gasteiger charge is -2.13. The average molecular weight is 310 g/mol. The van der Waals surface area contributed by atoms with Crippen molar-refractivity contribution in [1.82, 2.24) is 9.97 Å².